The van der Waals surface area contributed by atoms with Crippen molar-refractivity contribution >= 4 is 29.6 Å². The Bertz CT molecular complexity index is 994. The monoisotopic (exact) mass is 429 g/mol. The summed E-state index contributed by atoms with van der Waals surface area (Å²) in [4.78, 5) is 42.0. The molecular formula is C20H23N5O6. The Hall–Kier alpha value is -3.89. The van der Waals surface area contributed by atoms with Crippen molar-refractivity contribution in [3.8, 4) is 5.88 Å². The molecular weight excluding hydrogens is 406 g/mol. The van der Waals surface area contributed by atoms with Crippen LogP contribution in [0.25, 0.3) is 0 Å². The Morgan fingerprint density at radius 1 is 1.19 bits per heavy atom. The van der Waals surface area contributed by atoms with E-state index in [4.69, 9.17) is 15.9 Å². The number of nitrogens with one attached hydrogen (secondary N) is 2. The highest BCUT2D eigenvalue weighted by Gasteiger charge is 2.26. The Kier molecular flexibility index (Phi) is 6.53. The van der Waals surface area contributed by atoms with Crippen LogP contribution in [0.1, 0.15) is 40.7 Å². The smallest absolute Gasteiger partial charge is 0.326 e. The van der Waals surface area contributed by atoms with Gasteiger partial charge in [0.05, 0.1) is 5.56 Å². The molecule has 2 atom stereocenters. The van der Waals surface area contributed by atoms with Crippen LogP contribution in [0.2, 0.25) is 0 Å². The van der Waals surface area contributed by atoms with Crippen LogP contribution in [0.5, 0.6) is 5.88 Å². The lowest BCUT2D eigenvalue weighted by atomic mass is 10.0. The lowest BCUT2D eigenvalue weighted by Crippen LogP contribution is -2.41. The summed E-state index contributed by atoms with van der Waals surface area (Å²) < 4.78 is 0. The number of nitrogens with zero attached hydrogens (tertiary/aromatic N) is 2. The van der Waals surface area contributed by atoms with E-state index in [1.54, 1.807) is 24.3 Å². The van der Waals surface area contributed by atoms with Crippen LogP contribution in [0.4, 0.5) is 11.8 Å². The topological polar surface area (TPSA) is 188 Å². The number of aromatic hydroxyl groups is 1. The third-order valence-electron chi connectivity index (χ3n) is 5.04. The molecule has 1 unspecified atom stereocenters. The van der Waals surface area contributed by atoms with E-state index in [1.807, 2.05) is 0 Å². The number of nitrogens with two attached hydrogens (primary N) is 1. The van der Waals surface area contributed by atoms with Crippen molar-refractivity contribution in [3.05, 3.63) is 41.0 Å². The normalized spacial score (nSPS) is 15.5. The van der Waals surface area contributed by atoms with Crippen LogP contribution in [0.15, 0.2) is 24.3 Å². The zero-order valence-corrected chi connectivity index (χ0v) is 16.5. The van der Waals surface area contributed by atoms with Gasteiger partial charge in [-0.1, -0.05) is 12.1 Å². The highest BCUT2D eigenvalue weighted by atomic mass is 16.4. The van der Waals surface area contributed by atoms with Gasteiger partial charge in [-0.05, 0) is 37.0 Å². The molecule has 2 heterocycles. The quantitative estimate of drug-likeness (QED) is 0.332. The van der Waals surface area contributed by atoms with Gasteiger partial charge < -0.3 is 31.7 Å². The number of aromatic nitrogens is 2. The summed E-state index contributed by atoms with van der Waals surface area (Å²) in [6, 6.07) is 5.53. The number of hydrogen-bond acceptors (Lipinski definition) is 8. The number of fused-ring (bicyclic) bond motifs is 1. The fraction of sp³-hybridized carbons (Fsp3) is 0.350. The number of rotatable bonds is 9. The van der Waals surface area contributed by atoms with Crippen molar-refractivity contribution in [2.24, 2.45) is 0 Å². The molecule has 0 radical (unpaired) electrons. The number of amides is 1. The number of aryl methyl sites for hydroxylation is 1. The Morgan fingerprint density at radius 2 is 1.90 bits per heavy atom. The SMILES string of the molecule is Nc1nc(O)c2c(n1)NC(CCc1ccc(C(=O)N[C@@H](CCC(=O)O)C(=O)O)cc1)C2. The second-order valence-electron chi connectivity index (χ2n) is 7.31. The minimum atomic E-state index is -1.28. The number of nitrogen functional groups attached to an aromatic ring is 1. The minimum Gasteiger partial charge on any atom is -0.493 e. The first-order valence-electron chi connectivity index (χ1n) is 9.69. The number of hydrogen-bond donors (Lipinski definition) is 6. The molecule has 31 heavy (non-hydrogen) atoms. The first-order chi connectivity index (χ1) is 14.7. The molecule has 0 saturated heterocycles. The van der Waals surface area contributed by atoms with Gasteiger partial charge in [-0.3, -0.25) is 9.59 Å². The summed E-state index contributed by atoms with van der Waals surface area (Å²) in [5.41, 5.74) is 7.45. The predicted molar refractivity (Wildman–Crippen MR) is 110 cm³/mol. The van der Waals surface area contributed by atoms with Gasteiger partial charge in [0, 0.05) is 24.4 Å². The second-order valence-corrected chi connectivity index (χ2v) is 7.31. The second kappa shape index (κ2) is 9.28. The van der Waals surface area contributed by atoms with Crippen molar-refractivity contribution in [2.45, 2.75) is 44.2 Å². The first kappa shape index (κ1) is 21.8. The Labute approximate surface area is 177 Å². The summed E-state index contributed by atoms with van der Waals surface area (Å²) in [6.45, 7) is 0. The maximum Gasteiger partial charge on any atom is 0.326 e. The van der Waals surface area contributed by atoms with Gasteiger partial charge in [-0.15, -0.1) is 0 Å². The average molecular weight is 429 g/mol. The number of carboxylic acid groups (broad SMARTS) is 2. The van der Waals surface area contributed by atoms with Gasteiger partial charge in [0.2, 0.25) is 11.8 Å². The van der Waals surface area contributed by atoms with Crippen molar-refractivity contribution in [1.29, 1.82) is 0 Å². The number of anilines is 2. The van der Waals surface area contributed by atoms with Gasteiger partial charge in [0.1, 0.15) is 11.9 Å². The molecule has 3 rings (SSSR count). The molecule has 1 aliphatic rings. The fourth-order valence-corrected chi connectivity index (χ4v) is 3.39. The third kappa shape index (κ3) is 5.59. The van der Waals surface area contributed by atoms with E-state index in [9.17, 15) is 19.5 Å². The molecule has 0 fully saturated rings. The molecule has 1 aliphatic heterocycles. The zero-order valence-electron chi connectivity index (χ0n) is 16.5. The molecule has 1 aromatic carbocycles. The van der Waals surface area contributed by atoms with Gasteiger partial charge >= 0.3 is 11.9 Å². The molecule has 0 spiro atoms. The maximum atomic E-state index is 12.3. The highest BCUT2D eigenvalue weighted by Crippen LogP contribution is 2.32. The number of benzene rings is 1. The van der Waals surface area contributed by atoms with E-state index in [1.165, 1.54) is 0 Å². The van der Waals surface area contributed by atoms with Gasteiger partial charge in [-0.2, -0.15) is 9.97 Å². The van der Waals surface area contributed by atoms with Crippen LogP contribution >= 0.6 is 0 Å². The van der Waals surface area contributed by atoms with Crippen LogP contribution in [0.3, 0.4) is 0 Å². The number of carbonyl (C=O) groups is 3. The standard InChI is InChI=1S/C20H23N5O6/c21-20-24-16-13(18(29)25-20)9-12(22-16)6-3-10-1-4-11(5-2-10)17(28)23-14(19(30)31)7-8-15(26)27/h1-2,4-5,12,14H,3,6-9H2,(H,23,28)(H,26,27)(H,30,31)(H4,21,22,24,25,29)/t12?,14-/m0/s1. The molecule has 11 nitrogen and oxygen atoms in total. The van der Waals surface area contributed by atoms with E-state index >= 15 is 0 Å². The maximum absolute atomic E-state index is 12.3. The van der Waals surface area contributed by atoms with E-state index in [2.05, 4.69) is 20.6 Å². The lowest BCUT2D eigenvalue weighted by Gasteiger charge is -2.14. The van der Waals surface area contributed by atoms with Crippen LogP contribution < -0.4 is 16.4 Å². The molecule has 0 saturated carbocycles. The van der Waals surface area contributed by atoms with Crippen LogP contribution in [0, 0.1) is 0 Å². The minimum absolute atomic E-state index is 0.00589. The molecule has 0 aliphatic carbocycles. The fourth-order valence-electron chi connectivity index (χ4n) is 3.39. The van der Waals surface area contributed by atoms with E-state index < -0.39 is 23.9 Å². The van der Waals surface area contributed by atoms with E-state index in [0.29, 0.717) is 24.2 Å². The molecule has 7 N–H and O–H groups in total. The van der Waals surface area contributed by atoms with Crippen molar-refractivity contribution in [2.75, 3.05) is 11.1 Å². The van der Waals surface area contributed by atoms with Gasteiger partial charge in [0.15, 0.2) is 0 Å². The summed E-state index contributed by atoms with van der Waals surface area (Å²) in [5.74, 6) is -2.56. The van der Waals surface area contributed by atoms with Crippen molar-refractivity contribution in [3.63, 3.8) is 0 Å². The molecule has 1 aromatic heterocycles. The van der Waals surface area contributed by atoms with Crippen LogP contribution in [-0.2, 0) is 22.4 Å². The first-order valence-corrected chi connectivity index (χ1v) is 9.69. The summed E-state index contributed by atoms with van der Waals surface area (Å²) in [5, 5.41) is 33.3. The van der Waals surface area contributed by atoms with Gasteiger partial charge in [0.25, 0.3) is 5.91 Å². The Balaban J connectivity index is 1.53. The summed E-state index contributed by atoms with van der Waals surface area (Å²) in [6.07, 6.45) is 1.47. The highest BCUT2D eigenvalue weighted by molar-refractivity contribution is 5.96. The molecule has 0 bridgehead atoms. The molecule has 164 valence electrons. The predicted octanol–water partition coefficient (Wildman–Crippen LogP) is 0.782. The van der Waals surface area contributed by atoms with Crippen LogP contribution in [-0.4, -0.2) is 55.2 Å². The zero-order chi connectivity index (χ0) is 22.5. The van der Waals surface area contributed by atoms with E-state index in [-0.39, 0.29) is 36.3 Å². The number of aliphatic carboxylic acids is 2. The number of carboxylic acids is 2. The molecule has 2 aromatic rings. The largest absolute Gasteiger partial charge is 0.493 e. The van der Waals surface area contributed by atoms with E-state index in [0.717, 1.165) is 12.0 Å². The van der Waals surface area contributed by atoms with Crippen molar-refractivity contribution in [1.82, 2.24) is 15.3 Å². The lowest BCUT2D eigenvalue weighted by molar-refractivity contribution is -0.140. The third-order valence-corrected chi connectivity index (χ3v) is 5.04. The molecule has 11 heteroatoms. The number of carbonyl (C=O) groups excluding carboxylic acids is 1. The van der Waals surface area contributed by atoms with Crippen molar-refractivity contribution < 1.29 is 29.7 Å². The summed E-state index contributed by atoms with van der Waals surface area (Å²) in [7, 11) is 0. The summed E-state index contributed by atoms with van der Waals surface area (Å²) >= 11 is 0. The Morgan fingerprint density at radius 3 is 2.55 bits per heavy atom. The van der Waals surface area contributed by atoms with Gasteiger partial charge in [-0.25, -0.2) is 4.79 Å². The average Bonchev–Trinajstić information content (AvgIpc) is 3.12. The molecule has 1 amide bonds.